The van der Waals surface area contributed by atoms with Gasteiger partial charge in [-0.2, -0.15) is 0 Å². The van der Waals surface area contributed by atoms with Crippen LogP contribution in [0.15, 0.2) is 24.3 Å². The molecule has 3 nitrogen and oxygen atoms in total. The predicted molar refractivity (Wildman–Crippen MR) is 83.3 cm³/mol. The monoisotopic (exact) mass is 325 g/mol. The van der Waals surface area contributed by atoms with E-state index >= 15 is 0 Å². The number of fused-ring (bicyclic) bond motifs is 2. The van der Waals surface area contributed by atoms with E-state index in [0.29, 0.717) is 0 Å². The summed E-state index contributed by atoms with van der Waals surface area (Å²) in [6.45, 7) is 0. The third kappa shape index (κ3) is 1.79. The lowest BCUT2D eigenvalue weighted by Gasteiger charge is -2.11. The van der Waals surface area contributed by atoms with Gasteiger partial charge in [0.05, 0.1) is 19.6 Å². The van der Waals surface area contributed by atoms with Gasteiger partial charge in [-0.05, 0) is 34.8 Å². The van der Waals surface area contributed by atoms with Gasteiger partial charge in [0.25, 0.3) is 0 Å². The van der Waals surface area contributed by atoms with Crippen LogP contribution < -0.4 is 0 Å². The fourth-order valence-corrected chi connectivity index (χ4v) is 5.45. The molecular formula is C12H8ClN3S3. The van der Waals surface area contributed by atoms with E-state index in [2.05, 4.69) is 15.0 Å². The van der Waals surface area contributed by atoms with Crippen molar-refractivity contribution in [1.82, 2.24) is 13.9 Å². The first-order chi connectivity index (χ1) is 9.22. The smallest absolute Gasteiger partial charge is 0.152 e. The fourth-order valence-electron chi connectivity index (χ4n) is 2.08. The van der Waals surface area contributed by atoms with Crippen molar-refractivity contribution in [2.75, 3.05) is 0 Å². The van der Waals surface area contributed by atoms with Crippen LogP contribution in [0.25, 0.3) is 20.9 Å². The van der Waals surface area contributed by atoms with Gasteiger partial charge in [-0.1, -0.05) is 21.9 Å². The van der Waals surface area contributed by atoms with E-state index in [9.17, 15) is 0 Å². The van der Waals surface area contributed by atoms with Gasteiger partial charge in [-0.25, -0.2) is 4.98 Å². The minimum absolute atomic E-state index is 0.752. The maximum Gasteiger partial charge on any atom is 0.152 e. The topological polar surface area (TPSA) is 33.6 Å². The van der Waals surface area contributed by atoms with Gasteiger partial charge in [0.15, 0.2) is 5.82 Å². The van der Waals surface area contributed by atoms with Gasteiger partial charge in [0, 0.05) is 12.1 Å². The van der Waals surface area contributed by atoms with Crippen molar-refractivity contribution >= 4 is 54.0 Å². The van der Waals surface area contributed by atoms with Crippen molar-refractivity contribution in [2.24, 2.45) is 7.05 Å². The molecule has 0 spiro atoms. The number of hydrogen-bond acceptors (Lipinski definition) is 4. The standard InChI is InChI=1S/C12H8ClN3S3/c1-16-11-9(5-10-12(16)15-19-18-10)17-8-4-6(13)2-3-7(8)14-11/h2-5,15H,1H3. The maximum absolute atomic E-state index is 6.05. The molecular weight excluding hydrogens is 318 g/mol. The first-order valence-electron chi connectivity index (χ1n) is 5.58. The largest absolute Gasteiger partial charge is 0.313 e. The summed E-state index contributed by atoms with van der Waals surface area (Å²) in [7, 11) is 5.42. The lowest BCUT2D eigenvalue weighted by Crippen LogP contribution is -2.03. The lowest BCUT2D eigenvalue weighted by atomic mass is 10.3. The second-order valence-corrected chi connectivity index (χ2v) is 7.70. The molecule has 0 unspecified atom stereocenters. The van der Waals surface area contributed by atoms with Crippen molar-refractivity contribution in [3.63, 3.8) is 0 Å². The fraction of sp³-hybridized carbons (Fsp3) is 0.0833. The number of halogens is 1. The molecule has 3 aliphatic heterocycles. The average Bonchev–Trinajstić information content (AvgIpc) is 2.85. The molecule has 0 bridgehead atoms. The molecule has 0 aromatic heterocycles. The molecule has 0 fully saturated rings. The van der Waals surface area contributed by atoms with Gasteiger partial charge < -0.3 is 4.57 Å². The van der Waals surface area contributed by atoms with Crippen LogP contribution in [0.1, 0.15) is 0 Å². The number of aromatic nitrogens is 3. The normalized spacial score (nSPS) is 11.7. The Bertz CT molecular complexity index is 952. The van der Waals surface area contributed by atoms with Crippen LogP contribution in [0.2, 0.25) is 5.02 Å². The number of nitrogens with zero attached hydrogens (tertiary/aromatic N) is 2. The summed E-state index contributed by atoms with van der Waals surface area (Å²) < 4.78 is 7.78. The zero-order valence-electron chi connectivity index (χ0n) is 9.81. The molecule has 3 heterocycles. The van der Waals surface area contributed by atoms with Crippen LogP contribution in [0.5, 0.6) is 0 Å². The van der Waals surface area contributed by atoms with E-state index in [1.807, 2.05) is 25.2 Å². The summed E-state index contributed by atoms with van der Waals surface area (Å²) in [5.41, 5.74) is 2.10. The summed E-state index contributed by atoms with van der Waals surface area (Å²) in [5.74, 6) is 0.995. The third-order valence-electron chi connectivity index (χ3n) is 3.01. The molecule has 3 aliphatic rings. The number of rotatable bonds is 0. The molecule has 0 aliphatic carbocycles. The summed E-state index contributed by atoms with van der Waals surface area (Å²) in [4.78, 5) is 5.93. The molecule has 0 amide bonds. The van der Waals surface area contributed by atoms with Crippen LogP contribution in [0.3, 0.4) is 0 Å². The van der Waals surface area contributed by atoms with Crippen LogP contribution in [0.4, 0.5) is 0 Å². The molecule has 0 radical (unpaired) electrons. The highest BCUT2D eigenvalue weighted by atomic mass is 35.5. The highest BCUT2D eigenvalue weighted by Gasteiger charge is 2.12. The van der Waals surface area contributed by atoms with Crippen LogP contribution in [-0.2, 0) is 7.05 Å². The summed E-state index contributed by atoms with van der Waals surface area (Å²) >= 11 is 7.78. The van der Waals surface area contributed by atoms with Gasteiger partial charge in [0.1, 0.15) is 5.48 Å². The predicted octanol–water partition coefficient (Wildman–Crippen LogP) is 4.69. The van der Waals surface area contributed by atoms with Gasteiger partial charge in [-0.15, -0.1) is 11.3 Å². The molecule has 1 aromatic carbocycles. The average molecular weight is 326 g/mol. The minimum Gasteiger partial charge on any atom is -0.313 e. The molecule has 19 heavy (non-hydrogen) atoms. The van der Waals surface area contributed by atoms with Crippen molar-refractivity contribution in [3.8, 4) is 10.7 Å². The van der Waals surface area contributed by atoms with Gasteiger partial charge in [0.2, 0.25) is 0 Å². The van der Waals surface area contributed by atoms with Crippen LogP contribution in [-0.4, -0.2) is 13.9 Å². The van der Waals surface area contributed by atoms with Crippen molar-refractivity contribution in [3.05, 3.63) is 39.3 Å². The Kier molecular flexibility index (Phi) is 2.60. The molecule has 0 atom stereocenters. The van der Waals surface area contributed by atoms with E-state index < -0.39 is 0 Å². The zero-order valence-corrected chi connectivity index (χ0v) is 13.0. The first kappa shape index (κ1) is 11.7. The van der Waals surface area contributed by atoms with Gasteiger partial charge in [-0.3, -0.25) is 4.37 Å². The zero-order chi connectivity index (χ0) is 13.0. The van der Waals surface area contributed by atoms with Crippen molar-refractivity contribution in [2.45, 2.75) is 0 Å². The Balaban J connectivity index is 2.24. The van der Waals surface area contributed by atoms with Crippen LogP contribution in [0, 0.1) is 10.0 Å². The van der Waals surface area contributed by atoms with Gasteiger partial charge >= 0.3 is 0 Å². The van der Waals surface area contributed by atoms with E-state index in [1.54, 1.807) is 32.2 Å². The molecule has 0 saturated heterocycles. The van der Waals surface area contributed by atoms with Crippen molar-refractivity contribution < 1.29 is 0 Å². The minimum atomic E-state index is 0.752. The Morgan fingerprint density at radius 3 is 3.11 bits per heavy atom. The number of H-pyrrole nitrogens is 1. The highest BCUT2D eigenvalue weighted by molar-refractivity contribution is 7.66. The molecule has 7 heteroatoms. The second kappa shape index (κ2) is 4.21. The number of benzene rings is 1. The molecule has 1 N–H and O–H groups in total. The summed E-state index contributed by atoms with van der Waals surface area (Å²) in [6, 6.07) is 8.02. The lowest BCUT2D eigenvalue weighted by molar-refractivity contribution is 0.833. The van der Waals surface area contributed by atoms with Crippen LogP contribution >= 0.6 is 43.8 Å². The first-order valence-corrected chi connectivity index (χ1v) is 8.92. The van der Waals surface area contributed by atoms with Crippen molar-refractivity contribution in [1.29, 1.82) is 0 Å². The Morgan fingerprint density at radius 1 is 1.32 bits per heavy atom. The van der Waals surface area contributed by atoms with E-state index in [-0.39, 0.29) is 0 Å². The maximum atomic E-state index is 6.05. The number of hydrogen-bond donors (Lipinski definition) is 1. The molecule has 96 valence electrons. The Morgan fingerprint density at radius 2 is 2.21 bits per heavy atom. The van der Waals surface area contributed by atoms with E-state index in [4.69, 9.17) is 16.6 Å². The Hall–Kier alpha value is -1.08. The summed E-state index contributed by atoms with van der Waals surface area (Å²) in [5, 5.41) is 0.752. The van der Waals surface area contributed by atoms with E-state index in [1.165, 1.54) is 9.41 Å². The summed E-state index contributed by atoms with van der Waals surface area (Å²) in [6.07, 6.45) is 0. The number of nitrogens with one attached hydrogen (secondary N) is 1. The second-order valence-electron chi connectivity index (χ2n) is 4.20. The third-order valence-corrected chi connectivity index (χ3v) is 6.20. The quantitative estimate of drug-likeness (QED) is 0.467. The molecule has 0 saturated carbocycles. The highest BCUT2D eigenvalue weighted by Crippen LogP contribution is 2.32. The molecule has 1 aromatic rings. The number of aromatic amines is 1. The van der Waals surface area contributed by atoms with E-state index in [0.717, 1.165) is 26.5 Å². The Labute approximate surface area is 124 Å². The molecule has 4 rings (SSSR count). The SMILES string of the molecule is Cn1c2nc3ccc(Cl)cc3sc-2cc2ss[nH]c1=2.